The molecule has 0 atom stereocenters. The minimum Gasteiger partial charge on any atom is -0.495 e. The van der Waals surface area contributed by atoms with Gasteiger partial charge in [-0.15, -0.1) is 10.2 Å². The Morgan fingerprint density at radius 1 is 1.20 bits per heavy atom. The van der Waals surface area contributed by atoms with E-state index in [1.54, 1.807) is 19.2 Å². The number of anilines is 1. The number of para-hydroxylation sites is 2. The Bertz CT molecular complexity index is 885. The number of ether oxygens (including phenoxy) is 1. The van der Waals surface area contributed by atoms with Crippen LogP contribution in [0.5, 0.6) is 5.75 Å². The first kappa shape index (κ1) is 17.5. The fourth-order valence-corrected chi connectivity index (χ4v) is 3.09. The molecule has 1 aromatic heterocycles. The van der Waals surface area contributed by atoms with Crippen LogP contribution in [0.15, 0.2) is 62.6 Å². The van der Waals surface area contributed by atoms with Crippen LogP contribution in [0.4, 0.5) is 5.69 Å². The Kier molecular flexibility index (Phi) is 5.72. The Hall–Kier alpha value is -2.32. The molecule has 25 heavy (non-hydrogen) atoms. The highest BCUT2D eigenvalue weighted by Crippen LogP contribution is 2.29. The molecule has 8 heteroatoms. The number of carbonyl (C=O) groups excluding carboxylic acids is 1. The van der Waals surface area contributed by atoms with Crippen LogP contribution in [0.2, 0.25) is 0 Å². The molecule has 1 N–H and O–H groups in total. The summed E-state index contributed by atoms with van der Waals surface area (Å²) in [6.45, 7) is 0. The highest BCUT2D eigenvalue weighted by atomic mass is 79.9. The molecular weight excluding hydrogens is 406 g/mol. The van der Waals surface area contributed by atoms with Gasteiger partial charge in [-0.3, -0.25) is 4.79 Å². The van der Waals surface area contributed by atoms with E-state index in [4.69, 9.17) is 9.15 Å². The molecular formula is C17H14BrN3O3S. The third-order valence-corrected chi connectivity index (χ3v) is 4.73. The minimum absolute atomic E-state index is 0.148. The lowest BCUT2D eigenvalue weighted by molar-refractivity contribution is -0.113. The maximum absolute atomic E-state index is 12.1. The number of methoxy groups -OCH3 is 1. The van der Waals surface area contributed by atoms with Gasteiger partial charge in [0.1, 0.15) is 5.75 Å². The van der Waals surface area contributed by atoms with Gasteiger partial charge in [0.2, 0.25) is 11.8 Å². The molecule has 1 heterocycles. The van der Waals surface area contributed by atoms with Gasteiger partial charge in [-0.1, -0.05) is 36.0 Å². The number of hydrogen-bond donors (Lipinski definition) is 1. The lowest BCUT2D eigenvalue weighted by Crippen LogP contribution is -2.14. The van der Waals surface area contributed by atoms with Crippen molar-refractivity contribution in [2.75, 3.05) is 18.2 Å². The first-order valence-electron chi connectivity index (χ1n) is 7.31. The normalized spacial score (nSPS) is 10.5. The summed E-state index contributed by atoms with van der Waals surface area (Å²) in [6.07, 6.45) is 0. The number of hydrogen-bond acceptors (Lipinski definition) is 6. The molecule has 0 fully saturated rings. The summed E-state index contributed by atoms with van der Waals surface area (Å²) >= 11 is 4.62. The molecule has 3 rings (SSSR count). The third-order valence-electron chi connectivity index (χ3n) is 3.22. The van der Waals surface area contributed by atoms with E-state index in [1.165, 1.54) is 11.8 Å². The van der Waals surface area contributed by atoms with Crippen LogP contribution < -0.4 is 10.1 Å². The highest BCUT2D eigenvalue weighted by molar-refractivity contribution is 9.10. The third kappa shape index (κ3) is 4.40. The summed E-state index contributed by atoms with van der Waals surface area (Å²) in [5.74, 6) is 0.973. The van der Waals surface area contributed by atoms with Gasteiger partial charge >= 0.3 is 0 Å². The Balaban J connectivity index is 1.61. The second kappa shape index (κ2) is 8.17. The summed E-state index contributed by atoms with van der Waals surface area (Å²) in [7, 11) is 1.56. The molecule has 0 spiro atoms. The molecule has 0 aliphatic carbocycles. The van der Waals surface area contributed by atoms with Gasteiger partial charge < -0.3 is 14.5 Å². The van der Waals surface area contributed by atoms with Crippen LogP contribution in [0.3, 0.4) is 0 Å². The van der Waals surface area contributed by atoms with Crippen LogP contribution in [-0.4, -0.2) is 29.0 Å². The monoisotopic (exact) mass is 419 g/mol. The first-order valence-corrected chi connectivity index (χ1v) is 9.09. The van der Waals surface area contributed by atoms with E-state index < -0.39 is 0 Å². The number of halogens is 1. The molecule has 2 aromatic carbocycles. The van der Waals surface area contributed by atoms with Crippen molar-refractivity contribution in [1.29, 1.82) is 0 Å². The maximum Gasteiger partial charge on any atom is 0.277 e. The van der Waals surface area contributed by atoms with Crippen LogP contribution in [0.25, 0.3) is 11.5 Å². The van der Waals surface area contributed by atoms with Crippen molar-refractivity contribution < 1.29 is 13.9 Å². The molecule has 0 saturated heterocycles. The predicted molar refractivity (Wildman–Crippen MR) is 99.8 cm³/mol. The van der Waals surface area contributed by atoms with E-state index in [-0.39, 0.29) is 11.7 Å². The molecule has 128 valence electrons. The quantitative estimate of drug-likeness (QED) is 0.602. The summed E-state index contributed by atoms with van der Waals surface area (Å²) in [5, 5.41) is 11.1. The average molecular weight is 420 g/mol. The molecule has 1 amide bonds. The van der Waals surface area contributed by atoms with E-state index in [1.807, 2.05) is 36.4 Å². The maximum atomic E-state index is 12.1. The van der Waals surface area contributed by atoms with Gasteiger partial charge in [0.15, 0.2) is 0 Å². The van der Waals surface area contributed by atoms with Crippen LogP contribution in [0.1, 0.15) is 0 Å². The molecule has 6 nitrogen and oxygen atoms in total. The Morgan fingerprint density at radius 3 is 2.76 bits per heavy atom. The lowest BCUT2D eigenvalue weighted by atomic mass is 10.2. The van der Waals surface area contributed by atoms with E-state index in [2.05, 4.69) is 31.4 Å². The second-order valence-corrected chi connectivity index (χ2v) is 6.67. The molecule has 0 aliphatic heterocycles. The smallest absolute Gasteiger partial charge is 0.277 e. The first-order chi connectivity index (χ1) is 12.2. The molecule has 0 saturated carbocycles. The minimum atomic E-state index is -0.185. The SMILES string of the molecule is COc1ccccc1NC(=O)CSc1nnc(-c2ccccc2Br)o1. The highest BCUT2D eigenvalue weighted by Gasteiger charge is 2.14. The fraction of sp³-hybridized carbons (Fsp3) is 0.118. The predicted octanol–water partition coefficient (Wildman–Crippen LogP) is 4.24. The molecule has 0 aliphatic rings. The van der Waals surface area contributed by atoms with Crippen molar-refractivity contribution in [3.63, 3.8) is 0 Å². The molecule has 3 aromatic rings. The van der Waals surface area contributed by atoms with Gasteiger partial charge in [-0.2, -0.15) is 0 Å². The number of nitrogens with zero attached hydrogens (tertiary/aromatic N) is 2. The lowest BCUT2D eigenvalue weighted by Gasteiger charge is -2.08. The van der Waals surface area contributed by atoms with Crippen LogP contribution in [0, 0.1) is 0 Å². The number of benzene rings is 2. The van der Waals surface area contributed by atoms with Crippen molar-refractivity contribution >= 4 is 39.3 Å². The molecule has 0 unspecified atom stereocenters. The zero-order chi connectivity index (χ0) is 17.6. The zero-order valence-corrected chi connectivity index (χ0v) is 15.6. The number of aromatic nitrogens is 2. The number of amides is 1. The number of carbonyl (C=O) groups is 1. The summed E-state index contributed by atoms with van der Waals surface area (Å²) in [4.78, 5) is 12.1. The van der Waals surface area contributed by atoms with E-state index in [0.717, 1.165) is 10.0 Å². The van der Waals surface area contributed by atoms with Crippen molar-refractivity contribution in [2.24, 2.45) is 0 Å². The zero-order valence-electron chi connectivity index (χ0n) is 13.2. The van der Waals surface area contributed by atoms with Gasteiger partial charge in [-0.25, -0.2) is 0 Å². The van der Waals surface area contributed by atoms with E-state index in [9.17, 15) is 4.79 Å². The molecule has 0 bridgehead atoms. The van der Waals surface area contributed by atoms with Crippen molar-refractivity contribution in [1.82, 2.24) is 10.2 Å². The fourth-order valence-electron chi connectivity index (χ4n) is 2.07. The number of nitrogens with one attached hydrogen (secondary N) is 1. The Morgan fingerprint density at radius 2 is 1.96 bits per heavy atom. The number of thioether (sulfide) groups is 1. The van der Waals surface area contributed by atoms with Gasteiger partial charge in [0, 0.05) is 4.47 Å². The van der Waals surface area contributed by atoms with Crippen molar-refractivity contribution in [2.45, 2.75) is 5.22 Å². The van der Waals surface area contributed by atoms with Gasteiger partial charge in [0.05, 0.1) is 24.1 Å². The van der Waals surface area contributed by atoms with Gasteiger partial charge in [0.25, 0.3) is 5.22 Å². The largest absolute Gasteiger partial charge is 0.495 e. The van der Waals surface area contributed by atoms with Crippen molar-refractivity contribution in [3.05, 3.63) is 53.0 Å². The van der Waals surface area contributed by atoms with Gasteiger partial charge in [-0.05, 0) is 40.2 Å². The second-order valence-electron chi connectivity index (χ2n) is 4.89. The summed E-state index contributed by atoms with van der Waals surface area (Å²) < 4.78 is 11.7. The standard InChI is InChI=1S/C17H14BrN3O3S/c1-23-14-9-5-4-8-13(14)19-15(22)10-25-17-21-20-16(24-17)11-6-2-3-7-12(11)18/h2-9H,10H2,1H3,(H,19,22). The summed E-state index contributed by atoms with van der Waals surface area (Å²) in [6, 6.07) is 14.8. The average Bonchev–Trinajstić information content (AvgIpc) is 3.09. The van der Waals surface area contributed by atoms with Crippen LogP contribution >= 0.6 is 27.7 Å². The number of rotatable bonds is 6. The molecule has 0 radical (unpaired) electrons. The van der Waals surface area contributed by atoms with Crippen molar-refractivity contribution in [3.8, 4) is 17.2 Å². The van der Waals surface area contributed by atoms with E-state index in [0.29, 0.717) is 22.6 Å². The topological polar surface area (TPSA) is 77.2 Å². The summed E-state index contributed by atoms with van der Waals surface area (Å²) in [5.41, 5.74) is 1.43. The van der Waals surface area contributed by atoms with E-state index >= 15 is 0 Å². The van der Waals surface area contributed by atoms with Crippen LogP contribution in [-0.2, 0) is 4.79 Å². The Labute approximate surface area is 157 Å².